The molecule has 1 heterocycles. The molecule has 0 aliphatic carbocycles. The topological polar surface area (TPSA) is 95.5 Å². The summed E-state index contributed by atoms with van der Waals surface area (Å²) in [5.41, 5.74) is 1.36. The summed E-state index contributed by atoms with van der Waals surface area (Å²) in [6.45, 7) is 5.16. The lowest BCUT2D eigenvalue weighted by molar-refractivity contribution is -0.385. The Morgan fingerprint density at radius 2 is 2.23 bits per heavy atom. The third kappa shape index (κ3) is 3.13. The van der Waals surface area contributed by atoms with Crippen LogP contribution in [0.15, 0.2) is 28.8 Å². The minimum Gasteiger partial charge on any atom is -0.454 e. The number of aromatic nitrogens is 1. The number of benzene rings is 1. The zero-order valence-corrected chi connectivity index (χ0v) is 12.5. The molecule has 1 aromatic carbocycles. The minimum absolute atomic E-state index is 0.0456. The van der Waals surface area contributed by atoms with Crippen LogP contribution in [0, 0.1) is 17.0 Å². The van der Waals surface area contributed by atoms with Gasteiger partial charge in [-0.3, -0.25) is 10.1 Å². The molecule has 0 unspecified atom stereocenters. The molecule has 0 aliphatic heterocycles. The van der Waals surface area contributed by atoms with Crippen LogP contribution < -0.4 is 0 Å². The average Bonchev–Trinajstić information content (AvgIpc) is 2.88. The highest BCUT2D eigenvalue weighted by Crippen LogP contribution is 2.24. The van der Waals surface area contributed by atoms with Crippen LogP contribution in [0.2, 0.25) is 0 Å². The average molecular weight is 304 g/mol. The Bertz CT molecular complexity index is 708. The Labute approximate surface area is 127 Å². The second-order valence-corrected chi connectivity index (χ2v) is 4.81. The molecule has 7 heteroatoms. The lowest BCUT2D eigenvalue weighted by Crippen LogP contribution is -2.11. The number of hydrogen-bond donors (Lipinski definition) is 0. The van der Waals surface area contributed by atoms with Crippen molar-refractivity contribution >= 4 is 11.7 Å². The molecule has 0 saturated heterocycles. The van der Waals surface area contributed by atoms with E-state index in [9.17, 15) is 14.9 Å². The molecule has 0 radical (unpaired) electrons. The van der Waals surface area contributed by atoms with Crippen LogP contribution in [0.1, 0.15) is 47.3 Å². The van der Waals surface area contributed by atoms with Gasteiger partial charge in [0.05, 0.1) is 10.6 Å². The summed E-state index contributed by atoms with van der Waals surface area (Å²) in [5, 5.41) is 14.6. The number of non-ortho nitro benzene ring substituents is 1. The fourth-order valence-electron chi connectivity index (χ4n) is 2.10. The normalized spacial score (nSPS) is 12.0. The van der Waals surface area contributed by atoms with Gasteiger partial charge < -0.3 is 9.26 Å². The number of carbonyl (C=O) groups excluding carboxylic acids is 1. The molecular weight excluding hydrogens is 288 g/mol. The first kappa shape index (κ1) is 15.7. The first-order valence-electron chi connectivity index (χ1n) is 6.84. The summed E-state index contributed by atoms with van der Waals surface area (Å²) in [6.07, 6.45) is -0.0705. The molecule has 0 amide bonds. The predicted molar refractivity (Wildman–Crippen MR) is 77.5 cm³/mol. The van der Waals surface area contributed by atoms with E-state index >= 15 is 0 Å². The first-order chi connectivity index (χ1) is 10.4. The van der Waals surface area contributed by atoms with Crippen molar-refractivity contribution in [2.75, 3.05) is 0 Å². The summed E-state index contributed by atoms with van der Waals surface area (Å²) in [7, 11) is 0. The van der Waals surface area contributed by atoms with E-state index in [0.717, 1.165) is 0 Å². The maximum Gasteiger partial charge on any atom is 0.344 e. The summed E-state index contributed by atoms with van der Waals surface area (Å²) in [4.78, 5) is 22.6. The molecule has 0 aliphatic rings. The molecule has 116 valence electrons. The number of nitrogens with zero attached hydrogens (tertiary/aromatic N) is 2. The summed E-state index contributed by atoms with van der Waals surface area (Å²) in [5.74, 6) is -0.150. The van der Waals surface area contributed by atoms with Crippen LogP contribution in [-0.4, -0.2) is 16.0 Å². The van der Waals surface area contributed by atoms with Crippen molar-refractivity contribution in [1.82, 2.24) is 5.16 Å². The molecule has 2 aromatic rings. The number of aryl methyl sites for hydroxylation is 2. The van der Waals surface area contributed by atoms with Gasteiger partial charge in [0.1, 0.15) is 17.4 Å². The maximum atomic E-state index is 12.3. The zero-order chi connectivity index (χ0) is 16.3. The van der Waals surface area contributed by atoms with Crippen LogP contribution in [0.5, 0.6) is 0 Å². The lowest BCUT2D eigenvalue weighted by atomic mass is 10.1. The quantitative estimate of drug-likeness (QED) is 0.477. The van der Waals surface area contributed by atoms with Gasteiger partial charge in [-0.25, -0.2) is 4.79 Å². The van der Waals surface area contributed by atoms with E-state index < -0.39 is 17.0 Å². The number of nitro benzene ring substituents is 1. The van der Waals surface area contributed by atoms with Gasteiger partial charge in [0, 0.05) is 12.1 Å². The minimum atomic E-state index is -0.619. The van der Waals surface area contributed by atoms with Gasteiger partial charge in [0.2, 0.25) is 0 Å². The van der Waals surface area contributed by atoms with E-state index in [1.165, 1.54) is 12.1 Å². The van der Waals surface area contributed by atoms with Gasteiger partial charge in [0.15, 0.2) is 0 Å². The highest BCUT2D eigenvalue weighted by Gasteiger charge is 2.23. The van der Waals surface area contributed by atoms with Crippen molar-refractivity contribution in [1.29, 1.82) is 0 Å². The number of rotatable bonds is 5. The third-order valence-corrected chi connectivity index (χ3v) is 3.31. The van der Waals surface area contributed by atoms with Crippen molar-refractivity contribution in [3.05, 3.63) is 57.0 Å². The monoisotopic (exact) mass is 304 g/mol. The van der Waals surface area contributed by atoms with Gasteiger partial charge in [0.25, 0.3) is 5.69 Å². The Hall–Kier alpha value is -2.70. The van der Waals surface area contributed by atoms with Crippen LogP contribution in [0.3, 0.4) is 0 Å². The zero-order valence-electron chi connectivity index (χ0n) is 12.5. The van der Waals surface area contributed by atoms with E-state index in [0.29, 0.717) is 29.0 Å². The second kappa shape index (κ2) is 6.38. The fourth-order valence-corrected chi connectivity index (χ4v) is 2.10. The van der Waals surface area contributed by atoms with E-state index in [4.69, 9.17) is 9.26 Å². The van der Waals surface area contributed by atoms with Crippen molar-refractivity contribution in [2.45, 2.75) is 33.3 Å². The Morgan fingerprint density at radius 1 is 1.50 bits per heavy atom. The van der Waals surface area contributed by atoms with Gasteiger partial charge in [-0.15, -0.1) is 0 Å². The predicted octanol–water partition coefficient (Wildman–Crippen LogP) is 3.37. The molecule has 0 fully saturated rings. The van der Waals surface area contributed by atoms with E-state index in [2.05, 4.69) is 5.16 Å². The molecule has 0 spiro atoms. The second-order valence-electron chi connectivity index (χ2n) is 4.81. The number of nitro groups is 1. The highest BCUT2D eigenvalue weighted by atomic mass is 16.6. The van der Waals surface area contributed by atoms with Crippen LogP contribution in [0.4, 0.5) is 5.69 Å². The first-order valence-corrected chi connectivity index (χ1v) is 6.84. The third-order valence-electron chi connectivity index (χ3n) is 3.31. The maximum absolute atomic E-state index is 12.3. The summed E-state index contributed by atoms with van der Waals surface area (Å²) >= 11 is 0. The van der Waals surface area contributed by atoms with Crippen LogP contribution >= 0.6 is 0 Å². The molecule has 1 aromatic heterocycles. The molecule has 0 saturated carbocycles. The highest BCUT2D eigenvalue weighted by molar-refractivity contribution is 5.91. The molecule has 0 bridgehead atoms. The van der Waals surface area contributed by atoms with Gasteiger partial charge in [-0.2, -0.15) is 0 Å². The summed E-state index contributed by atoms with van der Waals surface area (Å²) in [6, 6.07) is 6.00. The van der Waals surface area contributed by atoms with Crippen molar-refractivity contribution in [3.63, 3.8) is 0 Å². The van der Waals surface area contributed by atoms with Gasteiger partial charge in [-0.1, -0.05) is 24.2 Å². The fraction of sp³-hybridized carbons (Fsp3) is 0.333. The Kier molecular flexibility index (Phi) is 4.55. The van der Waals surface area contributed by atoms with Crippen molar-refractivity contribution in [2.24, 2.45) is 0 Å². The number of ether oxygens (including phenoxy) is 1. The number of carbonyl (C=O) groups is 1. The van der Waals surface area contributed by atoms with Crippen LogP contribution in [-0.2, 0) is 11.2 Å². The lowest BCUT2D eigenvalue weighted by Gasteiger charge is -2.13. The number of esters is 1. The molecule has 1 atom stereocenters. The molecule has 0 N–H and O–H groups in total. The Balaban J connectivity index is 2.19. The van der Waals surface area contributed by atoms with E-state index in [1.807, 2.05) is 6.92 Å². The van der Waals surface area contributed by atoms with E-state index in [1.54, 1.807) is 26.0 Å². The smallest absolute Gasteiger partial charge is 0.344 e. The van der Waals surface area contributed by atoms with Gasteiger partial charge in [-0.05, 0) is 25.8 Å². The van der Waals surface area contributed by atoms with Gasteiger partial charge >= 0.3 is 5.97 Å². The van der Waals surface area contributed by atoms with Crippen molar-refractivity contribution in [3.8, 4) is 0 Å². The molecule has 2 rings (SSSR count). The molecule has 7 nitrogen and oxygen atoms in total. The van der Waals surface area contributed by atoms with Crippen LogP contribution in [0.25, 0.3) is 0 Å². The standard InChI is InChI=1S/C15H16N2O5/c1-4-13-14(10(3)22-16-13)15(18)21-9(2)11-6-5-7-12(8-11)17(19)20/h5-9H,4H2,1-3H3/t9-/m0/s1. The summed E-state index contributed by atoms with van der Waals surface area (Å²) < 4.78 is 10.4. The largest absolute Gasteiger partial charge is 0.454 e. The molecule has 22 heavy (non-hydrogen) atoms. The van der Waals surface area contributed by atoms with Crippen molar-refractivity contribution < 1.29 is 19.0 Å². The van der Waals surface area contributed by atoms with E-state index in [-0.39, 0.29) is 5.69 Å². The Morgan fingerprint density at radius 3 is 2.86 bits per heavy atom. The SMILES string of the molecule is CCc1noc(C)c1C(=O)O[C@@H](C)c1cccc([N+](=O)[O-])c1. The molecular formula is C15H16N2O5. The number of hydrogen-bond acceptors (Lipinski definition) is 6.